The number of nitrogens with two attached hydrogens (primary N) is 1. The minimum Gasteiger partial charge on any atom is -0.463 e. The highest BCUT2D eigenvalue weighted by molar-refractivity contribution is 5.89. The molecule has 4 heterocycles. The van der Waals surface area contributed by atoms with Crippen molar-refractivity contribution in [1.29, 1.82) is 0 Å². The standard InChI is InChI=1S/C21H21N5O2/c1-2-3-9-23-17-13-14(8-10-24-17)18-19(15-6-4-11-27-15)25-21(22)26-20(18)16-7-5-12-28-16/h4-8,10-13H,2-3,9H2,1H3,(H,23,24)(H2,22,25,26). The Labute approximate surface area is 162 Å². The molecule has 0 radical (unpaired) electrons. The molecule has 0 aliphatic heterocycles. The molecule has 0 saturated heterocycles. The molecule has 0 saturated carbocycles. The first kappa shape index (κ1) is 17.8. The smallest absolute Gasteiger partial charge is 0.221 e. The van der Waals surface area contributed by atoms with E-state index in [1.54, 1.807) is 18.7 Å². The van der Waals surface area contributed by atoms with Crippen LogP contribution in [0.1, 0.15) is 19.8 Å². The van der Waals surface area contributed by atoms with Crippen LogP contribution in [-0.4, -0.2) is 21.5 Å². The summed E-state index contributed by atoms with van der Waals surface area (Å²) in [5.41, 5.74) is 8.88. The zero-order valence-corrected chi connectivity index (χ0v) is 15.6. The highest BCUT2D eigenvalue weighted by atomic mass is 16.3. The summed E-state index contributed by atoms with van der Waals surface area (Å²) in [6.45, 7) is 3.02. The van der Waals surface area contributed by atoms with E-state index >= 15 is 0 Å². The Morgan fingerprint density at radius 3 is 2.25 bits per heavy atom. The van der Waals surface area contributed by atoms with E-state index in [0.29, 0.717) is 22.9 Å². The van der Waals surface area contributed by atoms with Crippen molar-refractivity contribution in [2.45, 2.75) is 19.8 Å². The summed E-state index contributed by atoms with van der Waals surface area (Å²) in [4.78, 5) is 13.3. The molecule has 0 unspecified atom stereocenters. The van der Waals surface area contributed by atoms with Crippen molar-refractivity contribution in [1.82, 2.24) is 15.0 Å². The normalized spacial score (nSPS) is 10.9. The molecule has 0 fully saturated rings. The van der Waals surface area contributed by atoms with Crippen molar-refractivity contribution in [2.75, 3.05) is 17.6 Å². The van der Waals surface area contributed by atoms with Gasteiger partial charge in [-0.1, -0.05) is 13.3 Å². The van der Waals surface area contributed by atoms with Crippen molar-refractivity contribution in [2.24, 2.45) is 0 Å². The van der Waals surface area contributed by atoms with E-state index in [2.05, 4.69) is 27.2 Å². The fourth-order valence-corrected chi connectivity index (χ4v) is 3.01. The average Bonchev–Trinajstić information content (AvgIpc) is 3.42. The van der Waals surface area contributed by atoms with Crippen molar-refractivity contribution in [3.8, 4) is 34.0 Å². The van der Waals surface area contributed by atoms with Gasteiger partial charge in [-0.25, -0.2) is 15.0 Å². The molecule has 0 amide bonds. The topological polar surface area (TPSA) is 103 Å². The number of hydrogen-bond acceptors (Lipinski definition) is 7. The van der Waals surface area contributed by atoms with Gasteiger partial charge in [-0.05, 0) is 48.4 Å². The maximum atomic E-state index is 6.00. The second kappa shape index (κ2) is 7.96. The second-order valence-electron chi connectivity index (χ2n) is 6.32. The zero-order valence-electron chi connectivity index (χ0n) is 15.6. The predicted molar refractivity (Wildman–Crippen MR) is 108 cm³/mol. The molecule has 0 spiro atoms. The molecule has 0 atom stereocenters. The summed E-state index contributed by atoms with van der Waals surface area (Å²) in [5, 5.41) is 3.35. The maximum Gasteiger partial charge on any atom is 0.221 e. The summed E-state index contributed by atoms with van der Waals surface area (Å²) >= 11 is 0. The molecule has 7 nitrogen and oxygen atoms in total. The number of nitrogens with one attached hydrogen (secondary N) is 1. The number of pyridine rings is 1. The van der Waals surface area contributed by atoms with Crippen molar-refractivity contribution in [3.63, 3.8) is 0 Å². The van der Waals surface area contributed by atoms with Crippen LogP contribution in [0.15, 0.2) is 64.0 Å². The van der Waals surface area contributed by atoms with Gasteiger partial charge < -0.3 is 19.9 Å². The summed E-state index contributed by atoms with van der Waals surface area (Å²) in [7, 11) is 0. The number of nitrogens with zero attached hydrogens (tertiary/aromatic N) is 3. The number of nitrogen functional groups attached to an aromatic ring is 1. The first-order valence-electron chi connectivity index (χ1n) is 9.22. The number of furan rings is 2. The lowest BCUT2D eigenvalue weighted by Crippen LogP contribution is -2.04. The van der Waals surface area contributed by atoms with E-state index in [-0.39, 0.29) is 5.95 Å². The monoisotopic (exact) mass is 375 g/mol. The second-order valence-corrected chi connectivity index (χ2v) is 6.32. The average molecular weight is 375 g/mol. The molecule has 0 aliphatic carbocycles. The Bertz CT molecular complexity index is 987. The van der Waals surface area contributed by atoms with Gasteiger partial charge >= 0.3 is 0 Å². The third-order valence-electron chi connectivity index (χ3n) is 4.32. The molecule has 0 aromatic carbocycles. The Kier molecular flexibility index (Phi) is 5.05. The highest BCUT2D eigenvalue weighted by Gasteiger charge is 2.21. The Hall–Kier alpha value is -3.61. The van der Waals surface area contributed by atoms with Crippen LogP contribution >= 0.6 is 0 Å². The lowest BCUT2D eigenvalue weighted by molar-refractivity contribution is 0.577. The first-order chi connectivity index (χ1) is 13.8. The van der Waals surface area contributed by atoms with Crippen LogP contribution in [0.2, 0.25) is 0 Å². The Morgan fingerprint density at radius 2 is 1.68 bits per heavy atom. The number of aromatic nitrogens is 3. The van der Waals surface area contributed by atoms with Crippen LogP contribution in [0.4, 0.5) is 11.8 Å². The largest absolute Gasteiger partial charge is 0.463 e. The predicted octanol–water partition coefficient (Wildman–Crippen LogP) is 4.85. The third kappa shape index (κ3) is 3.59. The van der Waals surface area contributed by atoms with Crippen LogP contribution in [0.5, 0.6) is 0 Å². The number of rotatable bonds is 7. The van der Waals surface area contributed by atoms with E-state index < -0.39 is 0 Å². The molecular formula is C21H21N5O2. The van der Waals surface area contributed by atoms with Gasteiger partial charge in [0.25, 0.3) is 0 Å². The van der Waals surface area contributed by atoms with E-state index in [1.165, 1.54) is 0 Å². The maximum absolute atomic E-state index is 6.00. The van der Waals surface area contributed by atoms with E-state index in [0.717, 1.165) is 36.3 Å². The van der Waals surface area contributed by atoms with Gasteiger partial charge in [0.05, 0.1) is 12.5 Å². The molecule has 4 aromatic heterocycles. The van der Waals surface area contributed by atoms with Crippen LogP contribution in [0.25, 0.3) is 34.0 Å². The van der Waals surface area contributed by atoms with Crippen LogP contribution in [0, 0.1) is 0 Å². The van der Waals surface area contributed by atoms with Crippen LogP contribution in [0.3, 0.4) is 0 Å². The molecule has 4 rings (SSSR count). The van der Waals surface area contributed by atoms with Crippen molar-refractivity contribution >= 4 is 11.8 Å². The Morgan fingerprint density at radius 1 is 1.00 bits per heavy atom. The first-order valence-corrected chi connectivity index (χ1v) is 9.22. The molecule has 3 N–H and O–H groups in total. The van der Waals surface area contributed by atoms with Gasteiger partial charge in [0.2, 0.25) is 5.95 Å². The molecule has 7 heteroatoms. The quantitative estimate of drug-likeness (QED) is 0.445. The van der Waals surface area contributed by atoms with Gasteiger partial charge in [0.15, 0.2) is 11.5 Å². The molecule has 28 heavy (non-hydrogen) atoms. The number of hydrogen-bond donors (Lipinski definition) is 2. The lowest BCUT2D eigenvalue weighted by atomic mass is 10.00. The zero-order chi connectivity index (χ0) is 19.3. The number of anilines is 2. The Balaban J connectivity index is 1.89. The molecule has 0 bridgehead atoms. The summed E-state index contributed by atoms with van der Waals surface area (Å²) in [5.74, 6) is 2.15. The van der Waals surface area contributed by atoms with E-state index in [1.807, 2.05) is 36.4 Å². The lowest BCUT2D eigenvalue weighted by Gasteiger charge is -2.13. The molecular weight excluding hydrogens is 354 g/mol. The van der Waals surface area contributed by atoms with Crippen LogP contribution in [-0.2, 0) is 0 Å². The van der Waals surface area contributed by atoms with Crippen molar-refractivity contribution in [3.05, 3.63) is 55.1 Å². The van der Waals surface area contributed by atoms with E-state index in [9.17, 15) is 0 Å². The van der Waals surface area contributed by atoms with E-state index in [4.69, 9.17) is 14.6 Å². The third-order valence-corrected chi connectivity index (χ3v) is 4.32. The fourth-order valence-electron chi connectivity index (χ4n) is 3.01. The summed E-state index contributed by atoms with van der Waals surface area (Å²) < 4.78 is 11.2. The van der Waals surface area contributed by atoms with Gasteiger partial charge in [-0.2, -0.15) is 0 Å². The molecule has 0 aliphatic rings. The summed E-state index contributed by atoms with van der Waals surface area (Å²) in [6.07, 6.45) is 7.16. The minimum absolute atomic E-state index is 0.150. The van der Waals surface area contributed by atoms with Gasteiger partial charge in [0, 0.05) is 18.3 Å². The summed E-state index contributed by atoms with van der Waals surface area (Å²) in [6, 6.07) is 11.2. The highest BCUT2D eigenvalue weighted by Crippen LogP contribution is 2.39. The van der Waals surface area contributed by atoms with Gasteiger partial charge in [-0.3, -0.25) is 0 Å². The fraction of sp³-hybridized carbons (Fsp3) is 0.190. The number of unbranched alkanes of at least 4 members (excludes halogenated alkanes) is 1. The van der Waals surface area contributed by atoms with Crippen LogP contribution < -0.4 is 11.1 Å². The SMILES string of the molecule is CCCCNc1cc(-c2c(-c3ccco3)nc(N)nc2-c2ccco2)ccn1. The van der Waals surface area contributed by atoms with Gasteiger partial charge in [0.1, 0.15) is 17.2 Å². The molecule has 4 aromatic rings. The minimum atomic E-state index is 0.150. The molecule has 142 valence electrons. The van der Waals surface area contributed by atoms with Gasteiger partial charge in [-0.15, -0.1) is 0 Å². The van der Waals surface area contributed by atoms with Crippen molar-refractivity contribution < 1.29 is 8.83 Å².